The average Bonchev–Trinajstić information content (AvgIpc) is 3.30. The lowest BCUT2D eigenvalue weighted by Crippen LogP contribution is -2.45. The van der Waals surface area contributed by atoms with E-state index < -0.39 is 12.3 Å². The van der Waals surface area contributed by atoms with E-state index in [1.54, 1.807) is 0 Å². The van der Waals surface area contributed by atoms with Crippen molar-refractivity contribution >= 4 is 28.9 Å². The lowest BCUT2D eigenvalue weighted by molar-refractivity contribution is -0.132. The Bertz CT molecular complexity index is 999. The maximum absolute atomic E-state index is 12.8. The van der Waals surface area contributed by atoms with Gasteiger partial charge in [-0.15, -0.1) is 0 Å². The highest BCUT2D eigenvalue weighted by Crippen LogP contribution is 2.29. The third kappa shape index (κ3) is 2.57. The molecule has 2 aromatic rings. The number of hydrogen-bond acceptors (Lipinski definition) is 3. The summed E-state index contributed by atoms with van der Waals surface area (Å²) in [7, 11) is 0. The number of nitrogens with one attached hydrogen (secondary N) is 4. The molecule has 4 heterocycles. The molecule has 1 aromatic heterocycles. The third-order valence-corrected chi connectivity index (χ3v) is 5.89. The third-order valence-electron chi connectivity index (χ3n) is 5.89. The smallest absolute Gasteiger partial charge is 0.320 e. The van der Waals surface area contributed by atoms with Crippen LogP contribution in [0.4, 0.5) is 9.59 Å². The fourth-order valence-corrected chi connectivity index (χ4v) is 4.41. The first-order chi connectivity index (χ1) is 13.5. The van der Waals surface area contributed by atoms with Crippen LogP contribution in [0.3, 0.4) is 0 Å². The molecule has 0 radical (unpaired) electrons. The highest BCUT2D eigenvalue weighted by molar-refractivity contribution is 5.88. The molecule has 0 spiro atoms. The molecule has 1 aromatic carbocycles. The molecule has 146 valence electrons. The van der Waals surface area contributed by atoms with Gasteiger partial charge >= 0.3 is 12.1 Å². The van der Waals surface area contributed by atoms with E-state index in [1.807, 2.05) is 11.0 Å². The van der Waals surface area contributed by atoms with Crippen LogP contribution in [0.2, 0.25) is 0 Å². The molecule has 5 amide bonds. The minimum atomic E-state index is -0.447. The number of fused-ring (bicyclic) bond motifs is 4. The van der Waals surface area contributed by atoms with Gasteiger partial charge in [0.05, 0.1) is 0 Å². The summed E-state index contributed by atoms with van der Waals surface area (Å²) in [6.45, 7) is 3.59. The minimum Gasteiger partial charge on any atom is -0.358 e. The van der Waals surface area contributed by atoms with Crippen LogP contribution in [-0.2, 0) is 17.8 Å². The topological polar surface area (TPSA) is 110 Å². The number of hydrogen-bond donors (Lipinski definition) is 4. The van der Waals surface area contributed by atoms with Crippen molar-refractivity contribution in [2.45, 2.75) is 38.6 Å². The maximum atomic E-state index is 12.8. The number of para-hydroxylation sites is 1. The van der Waals surface area contributed by atoms with Gasteiger partial charge in [0, 0.05) is 54.6 Å². The normalized spacial score (nSPS) is 23.3. The van der Waals surface area contributed by atoms with Crippen molar-refractivity contribution in [2.75, 3.05) is 13.1 Å². The molecule has 0 aliphatic carbocycles. The number of carbonyl (C=O) groups is 3. The van der Waals surface area contributed by atoms with E-state index >= 15 is 0 Å². The van der Waals surface area contributed by atoms with E-state index in [4.69, 9.17) is 0 Å². The molecule has 3 aliphatic heterocycles. The molecule has 0 bridgehead atoms. The summed E-state index contributed by atoms with van der Waals surface area (Å²) in [4.78, 5) is 43.2. The molecular formula is C19H22N6O3. The van der Waals surface area contributed by atoms with Crippen LogP contribution in [0.25, 0.3) is 10.9 Å². The number of urea groups is 2. The number of amides is 5. The lowest BCUT2D eigenvalue weighted by atomic mass is 10.0. The predicted molar refractivity (Wildman–Crippen MR) is 101 cm³/mol. The molecule has 9 nitrogen and oxygen atoms in total. The first kappa shape index (κ1) is 16.9. The number of aromatic amines is 1. The van der Waals surface area contributed by atoms with Crippen LogP contribution in [0.15, 0.2) is 18.2 Å². The van der Waals surface area contributed by atoms with Crippen LogP contribution in [0, 0.1) is 6.92 Å². The molecule has 4 N–H and O–H groups in total. The van der Waals surface area contributed by atoms with Crippen LogP contribution < -0.4 is 16.0 Å². The minimum absolute atomic E-state index is 0.0150. The van der Waals surface area contributed by atoms with Gasteiger partial charge in [-0.2, -0.15) is 0 Å². The standard InChI is InChI=1S/C19H22N6O3/c1-10-3-2-4-11-12-9-24(7-5-13(12)20-15(10)11)14(26)6-8-25-17-16(22-19(25)28)21-18(27)23-17/h2-4,16-17,20H,5-9H2,1H3,(H,22,28)(H2,21,23,27)/t16-,17-/m1/s1. The zero-order chi connectivity index (χ0) is 19.4. The van der Waals surface area contributed by atoms with Crippen LogP contribution in [-0.4, -0.2) is 58.2 Å². The summed E-state index contributed by atoms with van der Waals surface area (Å²) in [5.41, 5.74) is 4.73. The Morgan fingerprint density at radius 3 is 2.93 bits per heavy atom. The van der Waals surface area contributed by atoms with Crippen molar-refractivity contribution in [3.05, 3.63) is 35.0 Å². The van der Waals surface area contributed by atoms with Crippen molar-refractivity contribution in [2.24, 2.45) is 0 Å². The first-order valence-electron chi connectivity index (χ1n) is 9.52. The Morgan fingerprint density at radius 1 is 1.21 bits per heavy atom. The molecule has 3 aliphatic rings. The highest BCUT2D eigenvalue weighted by atomic mass is 16.2. The van der Waals surface area contributed by atoms with E-state index in [1.165, 1.54) is 27.1 Å². The van der Waals surface area contributed by atoms with Gasteiger partial charge in [0.15, 0.2) is 0 Å². The molecule has 5 rings (SSSR count). The second kappa shape index (κ2) is 6.15. The van der Waals surface area contributed by atoms with E-state index in [0.29, 0.717) is 13.1 Å². The summed E-state index contributed by atoms with van der Waals surface area (Å²) in [6.07, 6.45) is 0.132. The van der Waals surface area contributed by atoms with Crippen molar-refractivity contribution in [3.63, 3.8) is 0 Å². The Balaban J connectivity index is 1.27. The van der Waals surface area contributed by atoms with E-state index in [9.17, 15) is 14.4 Å². The van der Waals surface area contributed by atoms with E-state index in [-0.39, 0.29) is 30.9 Å². The quantitative estimate of drug-likeness (QED) is 0.629. The number of H-pyrrole nitrogens is 1. The number of carbonyl (C=O) groups excluding carboxylic acids is 3. The molecule has 9 heteroatoms. The van der Waals surface area contributed by atoms with Crippen molar-refractivity contribution < 1.29 is 14.4 Å². The van der Waals surface area contributed by atoms with Gasteiger partial charge in [0.2, 0.25) is 5.91 Å². The molecule has 2 saturated heterocycles. The number of benzene rings is 1. The summed E-state index contributed by atoms with van der Waals surface area (Å²) in [5.74, 6) is 0.0150. The molecule has 0 saturated carbocycles. The Labute approximate surface area is 161 Å². The van der Waals surface area contributed by atoms with Crippen molar-refractivity contribution in [1.29, 1.82) is 0 Å². The fraction of sp³-hybridized carbons (Fsp3) is 0.421. The van der Waals surface area contributed by atoms with Gasteiger partial charge in [-0.3, -0.25) is 9.69 Å². The predicted octanol–water partition coefficient (Wildman–Crippen LogP) is 0.741. The second-order valence-corrected chi connectivity index (χ2v) is 7.58. The summed E-state index contributed by atoms with van der Waals surface area (Å²) in [5, 5.41) is 9.21. The number of nitrogens with zero attached hydrogens (tertiary/aromatic N) is 2. The molecule has 2 atom stereocenters. The van der Waals surface area contributed by atoms with E-state index in [2.05, 4.69) is 40.0 Å². The number of aryl methyl sites for hydroxylation is 1. The second-order valence-electron chi connectivity index (χ2n) is 7.58. The summed E-state index contributed by atoms with van der Waals surface area (Å²) in [6, 6.07) is 5.63. The van der Waals surface area contributed by atoms with Gasteiger partial charge in [-0.05, 0) is 12.5 Å². The van der Waals surface area contributed by atoms with Gasteiger partial charge in [-0.25, -0.2) is 9.59 Å². The lowest BCUT2D eigenvalue weighted by Gasteiger charge is -2.28. The van der Waals surface area contributed by atoms with Crippen LogP contribution >= 0.6 is 0 Å². The van der Waals surface area contributed by atoms with Gasteiger partial charge in [-0.1, -0.05) is 18.2 Å². The molecule has 28 heavy (non-hydrogen) atoms. The highest BCUT2D eigenvalue weighted by Gasteiger charge is 2.45. The number of rotatable bonds is 3. The molecular weight excluding hydrogens is 360 g/mol. The Hall–Kier alpha value is -3.23. The number of aromatic nitrogens is 1. The maximum Gasteiger partial charge on any atom is 0.320 e. The zero-order valence-corrected chi connectivity index (χ0v) is 15.5. The van der Waals surface area contributed by atoms with Crippen LogP contribution in [0.5, 0.6) is 0 Å². The Morgan fingerprint density at radius 2 is 2.07 bits per heavy atom. The fourth-order valence-electron chi connectivity index (χ4n) is 4.41. The summed E-state index contributed by atoms with van der Waals surface area (Å²) >= 11 is 0. The largest absolute Gasteiger partial charge is 0.358 e. The van der Waals surface area contributed by atoms with Crippen LogP contribution in [0.1, 0.15) is 23.2 Å². The van der Waals surface area contributed by atoms with E-state index in [0.717, 1.165) is 11.9 Å². The van der Waals surface area contributed by atoms with Gasteiger partial charge in [0.25, 0.3) is 0 Å². The molecule has 0 unspecified atom stereocenters. The summed E-state index contributed by atoms with van der Waals surface area (Å²) < 4.78 is 0. The van der Waals surface area contributed by atoms with Gasteiger partial charge in [0.1, 0.15) is 12.3 Å². The molecule has 2 fully saturated rings. The first-order valence-corrected chi connectivity index (χ1v) is 9.52. The zero-order valence-electron chi connectivity index (χ0n) is 15.5. The monoisotopic (exact) mass is 382 g/mol. The van der Waals surface area contributed by atoms with Crippen molar-refractivity contribution in [3.8, 4) is 0 Å². The van der Waals surface area contributed by atoms with Crippen molar-refractivity contribution in [1.82, 2.24) is 30.7 Å². The SMILES string of the molecule is Cc1cccc2c3c([nH]c12)CCN(C(=O)CCN1C(=O)N[C@H]2NC(=O)N[C@@H]21)C3. The average molecular weight is 382 g/mol. The van der Waals surface area contributed by atoms with Gasteiger partial charge < -0.3 is 25.8 Å². The Kier molecular flexibility index (Phi) is 3.71.